The molecular formula is C32H44FNO5. The van der Waals surface area contributed by atoms with E-state index in [1.54, 1.807) is 19.9 Å². The highest BCUT2D eigenvalue weighted by atomic mass is 19.1. The lowest BCUT2D eigenvalue weighted by Crippen LogP contribution is -2.39. The number of β-amino-alcohol motifs (C(OH)–C–C–N with tert-alkyl or cyclic N) is 1. The van der Waals surface area contributed by atoms with Crippen LogP contribution in [0.2, 0.25) is 0 Å². The minimum atomic E-state index is -0.638. The molecule has 1 saturated heterocycles. The van der Waals surface area contributed by atoms with Gasteiger partial charge in [-0.1, -0.05) is 36.4 Å². The van der Waals surface area contributed by atoms with Gasteiger partial charge in [-0.3, -0.25) is 9.69 Å². The Morgan fingerprint density at radius 1 is 1.23 bits per heavy atom. The van der Waals surface area contributed by atoms with Crippen LogP contribution in [-0.4, -0.2) is 61.0 Å². The van der Waals surface area contributed by atoms with Gasteiger partial charge in [-0.15, -0.1) is 0 Å². The number of benzene rings is 2. The summed E-state index contributed by atoms with van der Waals surface area (Å²) in [5, 5.41) is 10.8. The Labute approximate surface area is 232 Å². The number of nitrogens with zero attached hydrogens (tertiary/aromatic N) is 1. The Morgan fingerprint density at radius 2 is 2.05 bits per heavy atom. The number of likely N-dealkylation sites (tertiary alicyclic amines) is 1. The van der Waals surface area contributed by atoms with Crippen LogP contribution in [0.25, 0.3) is 6.08 Å². The molecule has 0 aromatic heterocycles. The van der Waals surface area contributed by atoms with Crippen LogP contribution in [-0.2, 0) is 20.7 Å². The van der Waals surface area contributed by atoms with Gasteiger partial charge in [0, 0.05) is 24.6 Å². The first-order valence-corrected chi connectivity index (χ1v) is 14.2. The van der Waals surface area contributed by atoms with Crippen molar-refractivity contribution in [1.82, 2.24) is 4.90 Å². The molecule has 7 heteroatoms. The van der Waals surface area contributed by atoms with Gasteiger partial charge >= 0.3 is 5.97 Å². The number of halogens is 1. The lowest BCUT2D eigenvalue weighted by atomic mass is 10.0. The standard InChI is InChI=1S/C32H44FNO5/c1-5-37-31-14-9-13-28(29(31)12-7-8-15-32(36)38-6-2)24(4)39-22-27(35)21-34-18-10-11-26(34)19-25-17-16-23(3)30(33)20-25/h7,9,12-14,16-17,20,24,26-27,35H,5-6,8,10-11,15,18-19,21-22H2,1-4H3/t24-,26+,27-/m1/s1. The van der Waals surface area contributed by atoms with Crippen molar-refractivity contribution in [1.29, 1.82) is 0 Å². The molecular weight excluding hydrogens is 497 g/mol. The maximum Gasteiger partial charge on any atom is 0.306 e. The zero-order chi connectivity index (χ0) is 28.2. The van der Waals surface area contributed by atoms with Crippen molar-refractivity contribution in [3.05, 3.63) is 70.5 Å². The predicted octanol–water partition coefficient (Wildman–Crippen LogP) is 6.03. The van der Waals surface area contributed by atoms with E-state index in [0.29, 0.717) is 38.2 Å². The number of rotatable bonds is 15. The molecule has 214 valence electrons. The van der Waals surface area contributed by atoms with Gasteiger partial charge in [0.15, 0.2) is 0 Å². The smallest absolute Gasteiger partial charge is 0.306 e. The Morgan fingerprint density at radius 3 is 2.79 bits per heavy atom. The molecule has 2 aromatic rings. The summed E-state index contributed by atoms with van der Waals surface area (Å²) in [6.07, 6.45) is 6.79. The fourth-order valence-electron chi connectivity index (χ4n) is 5.08. The quantitative estimate of drug-likeness (QED) is 0.278. The normalized spacial score (nSPS) is 17.4. The maximum atomic E-state index is 14.0. The zero-order valence-electron chi connectivity index (χ0n) is 23.8. The number of hydrogen-bond acceptors (Lipinski definition) is 6. The molecule has 1 aliphatic heterocycles. The van der Waals surface area contributed by atoms with Gasteiger partial charge in [-0.25, -0.2) is 4.39 Å². The van der Waals surface area contributed by atoms with Crippen LogP contribution in [0, 0.1) is 12.7 Å². The monoisotopic (exact) mass is 541 g/mol. The number of esters is 1. The molecule has 3 atom stereocenters. The van der Waals surface area contributed by atoms with E-state index >= 15 is 0 Å². The first-order chi connectivity index (χ1) is 18.8. The second-order valence-electron chi connectivity index (χ2n) is 10.1. The summed E-state index contributed by atoms with van der Waals surface area (Å²) in [5.74, 6) is 0.379. The van der Waals surface area contributed by atoms with Crippen molar-refractivity contribution in [3.8, 4) is 5.75 Å². The van der Waals surface area contributed by atoms with Crippen molar-refractivity contribution in [2.45, 2.75) is 78.0 Å². The highest BCUT2D eigenvalue weighted by molar-refractivity contribution is 5.70. The molecule has 39 heavy (non-hydrogen) atoms. The molecule has 1 N–H and O–H groups in total. The second kappa shape index (κ2) is 15.8. The third kappa shape index (κ3) is 9.45. The molecule has 0 amide bonds. The number of aliphatic hydroxyl groups is 1. The number of aliphatic hydroxyl groups excluding tert-OH is 1. The van der Waals surface area contributed by atoms with Crippen LogP contribution >= 0.6 is 0 Å². The number of carbonyl (C=O) groups excluding carboxylic acids is 1. The maximum absolute atomic E-state index is 14.0. The fraction of sp³-hybridized carbons (Fsp3) is 0.531. The minimum absolute atomic E-state index is 0.166. The van der Waals surface area contributed by atoms with Gasteiger partial charge in [-0.2, -0.15) is 0 Å². The van der Waals surface area contributed by atoms with E-state index in [0.717, 1.165) is 48.2 Å². The van der Waals surface area contributed by atoms with E-state index in [-0.39, 0.29) is 30.5 Å². The van der Waals surface area contributed by atoms with Crippen LogP contribution < -0.4 is 4.74 Å². The summed E-state index contributed by atoms with van der Waals surface area (Å²) >= 11 is 0. The Hall–Kier alpha value is -2.74. The largest absolute Gasteiger partial charge is 0.493 e. The van der Waals surface area contributed by atoms with Gasteiger partial charge in [0.25, 0.3) is 0 Å². The molecule has 0 spiro atoms. The van der Waals surface area contributed by atoms with Gasteiger partial charge in [0.1, 0.15) is 11.6 Å². The topological polar surface area (TPSA) is 68.2 Å². The summed E-state index contributed by atoms with van der Waals surface area (Å²) in [4.78, 5) is 14.0. The average molecular weight is 542 g/mol. The van der Waals surface area contributed by atoms with E-state index < -0.39 is 6.10 Å². The summed E-state index contributed by atoms with van der Waals surface area (Å²) < 4.78 is 31.0. The van der Waals surface area contributed by atoms with Crippen LogP contribution in [0.1, 0.15) is 74.8 Å². The lowest BCUT2D eigenvalue weighted by Gasteiger charge is -2.28. The van der Waals surface area contributed by atoms with E-state index in [9.17, 15) is 14.3 Å². The van der Waals surface area contributed by atoms with Crippen molar-refractivity contribution in [3.63, 3.8) is 0 Å². The first-order valence-electron chi connectivity index (χ1n) is 14.2. The number of ether oxygens (including phenoxy) is 3. The molecule has 1 heterocycles. The van der Waals surface area contributed by atoms with E-state index in [1.807, 2.05) is 56.3 Å². The molecule has 1 fully saturated rings. The van der Waals surface area contributed by atoms with Crippen molar-refractivity contribution < 1.29 is 28.5 Å². The SMILES string of the molecule is CCOC(=O)CCC=Cc1c(OCC)cccc1[C@@H](C)OC[C@H](O)CN1CCC[C@H]1Cc1ccc(C)c(F)c1. The predicted molar refractivity (Wildman–Crippen MR) is 152 cm³/mol. The van der Waals surface area contributed by atoms with Crippen LogP contribution in [0.4, 0.5) is 4.39 Å². The third-order valence-corrected chi connectivity index (χ3v) is 7.13. The number of aryl methyl sites for hydroxylation is 1. The van der Waals surface area contributed by atoms with E-state index in [1.165, 1.54) is 0 Å². The number of carbonyl (C=O) groups is 1. The lowest BCUT2D eigenvalue weighted by molar-refractivity contribution is -0.143. The van der Waals surface area contributed by atoms with Crippen molar-refractivity contribution in [2.24, 2.45) is 0 Å². The molecule has 1 aliphatic rings. The minimum Gasteiger partial charge on any atom is -0.493 e. The van der Waals surface area contributed by atoms with Gasteiger partial charge in [-0.05, 0) is 88.7 Å². The van der Waals surface area contributed by atoms with Crippen molar-refractivity contribution >= 4 is 12.0 Å². The van der Waals surface area contributed by atoms with Crippen molar-refractivity contribution in [2.75, 3.05) is 32.9 Å². The molecule has 0 saturated carbocycles. The Bertz CT molecular complexity index is 1090. The fourth-order valence-corrected chi connectivity index (χ4v) is 5.08. The zero-order valence-corrected chi connectivity index (χ0v) is 23.8. The number of allylic oxidation sites excluding steroid dienone is 1. The van der Waals surface area contributed by atoms with E-state index in [2.05, 4.69) is 4.90 Å². The molecule has 0 unspecified atom stereocenters. The molecule has 0 aliphatic carbocycles. The summed E-state index contributed by atoms with van der Waals surface area (Å²) in [6.45, 7) is 10.0. The highest BCUT2D eigenvalue weighted by Crippen LogP contribution is 2.31. The molecule has 0 bridgehead atoms. The molecule has 6 nitrogen and oxygen atoms in total. The van der Waals surface area contributed by atoms with Crippen LogP contribution in [0.15, 0.2) is 42.5 Å². The summed E-state index contributed by atoms with van der Waals surface area (Å²) in [5.41, 5.74) is 3.52. The highest BCUT2D eigenvalue weighted by Gasteiger charge is 2.27. The van der Waals surface area contributed by atoms with Crippen LogP contribution in [0.5, 0.6) is 5.75 Å². The first kappa shape index (κ1) is 30.8. The number of hydrogen-bond donors (Lipinski definition) is 1. The van der Waals surface area contributed by atoms with Gasteiger partial charge in [0.05, 0.1) is 32.0 Å². The van der Waals surface area contributed by atoms with Gasteiger partial charge < -0.3 is 19.3 Å². The molecule has 3 rings (SSSR count). The van der Waals surface area contributed by atoms with Crippen LogP contribution in [0.3, 0.4) is 0 Å². The second-order valence-corrected chi connectivity index (χ2v) is 10.1. The third-order valence-electron chi connectivity index (χ3n) is 7.13. The van der Waals surface area contributed by atoms with Gasteiger partial charge in [0.2, 0.25) is 0 Å². The molecule has 2 aromatic carbocycles. The summed E-state index contributed by atoms with van der Waals surface area (Å²) in [7, 11) is 0. The summed E-state index contributed by atoms with van der Waals surface area (Å²) in [6, 6.07) is 11.6. The Kier molecular flexibility index (Phi) is 12.4. The Balaban J connectivity index is 1.58. The average Bonchev–Trinajstić information content (AvgIpc) is 3.34. The molecule has 0 radical (unpaired) electrons. The van der Waals surface area contributed by atoms with E-state index in [4.69, 9.17) is 14.2 Å².